The van der Waals surface area contributed by atoms with Crippen LogP contribution in [0.2, 0.25) is 0 Å². The molecule has 316 valence electrons. The van der Waals surface area contributed by atoms with E-state index in [-0.39, 0.29) is 12.5 Å². The highest BCUT2D eigenvalue weighted by Gasteiger charge is 2.23. The number of phosphoric acid groups is 1. The van der Waals surface area contributed by atoms with Crippen LogP contribution in [0.3, 0.4) is 0 Å². The summed E-state index contributed by atoms with van der Waals surface area (Å²) in [5.41, 5.74) is 0. The van der Waals surface area contributed by atoms with Gasteiger partial charge in [0.2, 0.25) is 5.91 Å². The number of hydrogen-bond donors (Lipinski definition) is 2. The lowest BCUT2D eigenvalue weighted by molar-refractivity contribution is -0.870. The third-order valence-electron chi connectivity index (χ3n) is 8.82. The maximum Gasteiger partial charge on any atom is 0.268 e. The first-order valence-corrected chi connectivity index (χ1v) is 22.9. The van der Waals surface area contributed by atoms with Gasteiger partial charge in [-0.15, -0.1) is 0 Å². The Morgan fingerprint density at radius 3 is 1.69 bits per heavy atom. The highest BCUT2D eigenvalue weighted by molar-refractivity contribution is 7.45. The number of nitrogens with zero attached hydrogens (tertiary/aromatic N) is 1. The SMILES string of the molecule is CC/C=C\C/C=C\C/C=C\C/C=C\CCCCCCC(=O)NC(COP(=O)([O-])OCC[N+](C)(C)C)C(O)/C=C/CC/C=C/CC/C=C/CCCCCCCC. The van der Waals surface area contributed by atoms with Crippen molar-refractivity contribution in [1.82, 2.24) is 5.32 Å². The summed E-state index contributed by atoms with van der Waals surface area (Å²) >= 11 is 0. The molecule has 0 saturated carbocycles. The van der Waals surface area contributed by atoms with Gasteiger partial charge in [-0.2, -0.15) is 0 Å². The molecule has 0 aliphatic rings. The van der Waals surface area contributed by atoms with Gasteiger partial charge in [0, 0.05) is 6.42 Å². The summed E-state index contributed by atoms with van der Waals surface area (Å²) in [4.78, 5) is 25.3. The van der Waals surface area contributed by atoms with E-state index < -0.39 is 26.6 Å². The van der Waals surface area contributed by atoms with E-state index in [2.05, 4.69) is 92.1 Å². The minimum atomic E-state index is -4.61. The number of rotatable bonds is 37. The van der Waals surface area contributed by atoms with Gasteiger partial charge in [-0.3, -0.25) is 9.36 Å². The van der Waals surface area contributed by atoms with Crippen LogP contribution in [-0.2, 0) is 18.4 Å². The Bertz CT molecular complexity index is 1170. The van der Waals surface area contributed by atoms with Gasteiger partial charge in [0.05, 0.1) is 39.9 Å². The summed E-state index contributed by atoms with van der Waals surface area (Å²) in [6, 6.07) is -0.926. The summed E-state index contributed by atoms with van der Waals surface area (Å²) in [7, 11) is 1.20. The molecule has 2 N–H and O–H groups in total. The average molecular weight is 789 g/mol. The van der Waals surface area contributed by atoms with Gasteiger partial charge < -0.3 is 28.8 Å². The molecule has 9 heteroatoms. The largest absolute Gasteiger partial charge is 0.756 e. The lowest BCUT2D eigenvalue weighted by atomic mass is 10.1. The van der Waals surface area contributed by atoms with Crippen LogP contribution in [0.5, 0.6) is 0 Å². The zero-order valence-corrected chi connectivity index (χ0v) is 36.5. The fourth-order valence-electron chi connectivity index (χ4n) is 5.41. The summed E-state index contributed by atoms with van der Waals surface area (Å²) in [6.07, 6.45) is 50.6. The minimum Gasteiger partial charge on any atom is -0.756 e. The van der Waals surface area contributed by atoms with Crippen molar-refractivity contribution in [2.75, 3.05) is 40.9 Å². The number of likely N-dealkylation sites (N-methyl/N-ethyl adjacent to an activating group) is 1. The standard InChI is InChI=1S/C46H81N2O6P/c1-6-8-10-12-14-16-18-20-22-24-26-28-30-32-34-36-38-40-46(50)47-44(43-54-55(51,52)53-42-41-48(3,4)5)45(49)39-37-35-33-31-29-27-25-23-21-19-17-15-13-11-9-7-2/h8,10,14,16,20-23,26,28-29,31,37,39,44-45,49H,6-7,9,11-13,15,17-19,24-25,27,30,32-36,38,40-43H2,1-5H3,(H-,47,50,51,52)/b10-8-,16-14-,22-20-,23-21+,28-26-,31-29+,39-37+. The Labute approximate surface area is 337 Å². The van der Waals surface area contributed by atoms with Crippen molar-refractivity contribution in [3.8, 4) is 0 Å². The molecule has 0 fully saturated rings. The lowest BCUT2D eigenvalue weighted by Crippen LogP contribution is -2.45. The highest BCUT2D eigenvalue weighted by atomic mass is 31.2. The maximum absolute atomic E-state index is 12.8. The number of aliphatic hydroxyl groups excluding tert-OH is 1. The number of nitrogens with one attached hydrogen (secondary N) is 1. The van der Waals surface area contributed by atoms with Crippen LogP contribution in [-0.4, -0.2) is 68.5 Å². The molecule has 0 aliphatic carbocycles. The molecule has 0 radical (unpaired) electrons. The molecule has 0 aromatic carbocycles. The van der Waals surface area contributed by atoms with Crippen LogP contribution in [0.15, 0.2) is 85.1 Å². The minimum absolute atomic E-state index is 0.0188. The zero-order chi connectivity index (χ0) is 40.7. The topological polar surface area (TPSA) is 108 Å². The Balaban J connectivity index is 4.61. The summed E-state index contributed by atoms with van der Waals surface area (Å²) in [5, 5.41) is 13.7. The Kier molecular flexibility index (Phi) is 35.7. The van der Waals surface area contributed by atoms with E-state index in [9.17, 15) is 19.4 Å². The number of amides is 1. The monoisotopic (exact) mass is 789 g/mol. The zero-order valence-electron chi connectivity index (χ0n) is 35.6. The molecule has 1 amide bonds. The first kappa shape index (κ1) is 52.7. The Hall–Kier alpha value is -2.32. The summed E-state index contributed by atoms with van der Waals surface area (Å²) in [5.74, 6) is -0.240. The molecular formula is C46H81N2O6P. The van der Waals surface area contributed by atoms with E-state index in [1.807, 2.05) is 27.2 Å². The third-order valence-corrected chi connectivity index (χ3v) is 9.78. The Morgan fingerprint density at radius 1 is 0.655 bits per heavy atom. The van der Waals surface area contributed by atoms with Crippen molar-refractivity contribution in [3.05, 3.63) is 85.1 Å². The van der Waals surface area contributed by atoms with Gasteiger partial charge in [0.15, 0.2) is 0 Å². The first-order valence-electron chi connectivity index (χ1n) is 21.4. The number of carbonyl (C=O) groups excluding carboxylic acids is 1. The number of aliphatic hydroxyl groups is 1. The summed E-state index contributed by atoms with van der Waals surface area (Å²) < 4.78 is 23.1. The predicted molar refractivity (Wildman–Crippen MR) is 233 cm³/mol. The average Bonchev–Trinajstić information content (AvgIpc) is 3.13. The van der Waals surface area contributed by atoms with Crippen LogP contribution >= 0.6 is 7.82 Å². The van der Waals surface area contributed by atoms with E-state index in [1.54, 1.807) is 6.08 Å². The molecule has 0 saturated heterocycles. The number of phosphoric ester groups is 1. The molecule has 0 aromatic heterocycles. The van der Waals surface area contributed by atoms with E-state index in [0.29, 0.717) is 17.4 Å². The smallest absolute Gasteiger partial charge is 0.268 e. The van der Waals surface area contributed by atoms with Crippen molar-refractivity contribution in [1.29, 1.82) is 0 Å². The van der Waals surface area contributed by atoms with Crippen molar-refractivity contribution in [2.24, 2.45) is 0 Å². The molecule has 3 unspecified atom stereocenters. The summed E-state index contributed by atoms with van der Waals surface area (Å²) in [6.45, 7) is 4.44. The molecule has 3 atom stereocenters. The second-order valence-electron chi connectivity index (χ2n) is 15.3. The molecular weight excluding hydrogens is 707 g/mol. The molecule has 0 heterocycles. The molecule has 55 heavy (non-hydrogen) atoms. The van der Waals surface area contributed by atoms with Crippen molar-refractivity contribution < 1.29 is 32.9 Å². The van der Waals surface area contributed by atoms with Crippen LogP contribution in [0.4, 0.5) is 0 Å². The normalized spacial score (nSPS) is 15.3. The third kappa shape index (κ3) is 39.7. The fraction of sp³-hybridized carbons (Fsp3) is 0.674. The second-order valence-corrected chi connectivity index (χ2v) is 16.7. The van der Waals surface area contributed by atoms with Gasteiger partial charge in [0.25, 0.3) is 7.82 Å². The maximum atomic E-state index is 12.8. The van der Waals surface area contributed by atoms with Crippen LogP contribution in [0, 0.1) is 0 Å². The Morgan fingerprint density at radius 2 is 1.13 bits per heavy atom. The van der Waals surface area contributed by atoms with Gasteiger partial charge in [-0.1, -0.05) is 144 Å². The van der Waals surface area contributed by atoms with Crippen molar-refractivity contribution in [3.63, 3.8) is 0 Å². The van der Waals surface area contributed by atoms with Crippen molar-refractivity contribution >= 4 is 13.7 Å². The van der Waals surface area contributed by atoms with Crippen LogP contribution in [0.25, 0.3) is 0 Å². The van der Waals surface area contributed by atoms with Gasteiger partial charge in [-0.25, -0.2) is 0 Å². The number of carbonyl (C=O) groups is 1. The van der Waals surface area contributed by atoms with Crippen LogP contribution < -0.4 is 10.2 Å². The molecule has 0 rings (SSSR count). The van der Waals surface area contributed by atoms with E-state index in [1.165, 1.54) is 44.9 Å². The predicted octanol–water partition coefficient (Wildman–Crippen LogP) is 11.2. The van der Waals surface area contributed by atoms with E-state index >= 15 is 0 Å². The molecule has 8 nitrogen and oxygen atoms in total. The molecule has 0 spiro atoms. The number of hydrogen-bond acceptors (Lipinski definition) is 6. The first-order chi connectivity index (χ1) is 26.5. The molecule has 0 aromatic rings. The quantitative estimate of drug-likeness (QED) is 0.0281. The van der Waals surface area contributed by atoms with Gasteiger partial charge in [-0.05, 0) is 83.5 Å². The molecule has 0 aliphatic heterocycles. The number of quaternary nitrogens is 1. The van der Waals surface area contributed by atoms with E-state index in [4.69, 9.17) is 9.05 Å². The number of unbranched alkanes of at least 4 members (excludes halogenated alkanes) is 12. The second kappa shape index (κ2) is 37.3. The lowest BCUT2D eigenvalue weighted by Gasteiger charge is -2.29. The van der Waals surface area contributed by atoms with Gasteiger partial charge >= 0.3 is 0 Å². The van der Waals surface area contributed by atoms with E-state index in [0.717, 1.165) is 83.5 Å². The highest BCUT2D eigenvalue weighted by Crippen LogP contribution is 2.38. The number of allylic oxidation sites excluding steroid dienone is 13. The van der Waals surface area contributed by atoms with Crippen LogP contribution in [0.1, 0.15) is 149 Å². The fourth-order valence-corrected chi connectivity index (χ4v) is 6.13. The molecule has 0 bridgehead atoms. The van der Waals surface area contributed by atoms with Crippen molar-refractivity contribution in [2.45, 2.75) is 161 Å². The van der Waals surface area contributed by atoms with Gasteiger partial charge in [0.1, 0.15) is 13.2 Å².